The van der Waals surface area contributed by atoms with Crippen LogP contribution in [0.15, 0.2) is 42.5 Å². The molecule has 0 saturated carbocycles. The van der Waals surface area contributed by atoms with Crippen molar-refractivity contribution in [1.82, 2.24) is 15.1 Å². The molecule has 1 spiro atoms. The summed E-state index contributed by atoms with van der Waals surface area (Å²) < 4.78 is 5.55. The minimum Gasteiger partial charge on any atom is -0.381 e. The Bertz CT molecular complexity index is 724. The van der Waals surface area contributed by atoms with Gasteiger partial charge in [-0.1, -0.05) is 30.3 Å². The highest BCUT2D eigenvalue weighted by molar-refractivity contribution is 5.93. The van der Waals surface area contributed by atoms with Crippen molar-refractivity contribution in [2.45, 2.75) is 25.8 Å². The SMILES string of the molecule is Cc1ccc(C(=O)N2CC3(CCOCC3)C2c2ccccc2)nn1. The predicted octanol–water partition coefficient (Wildman–Crippen LogP) is 2.78. The number of amides is 1. The molecular weight excluding hydrogens is 302 g/mol. The second-order valence-electron chi connectivity index (χ2n) is 6.78. The molecule has 0 aliphatic carbocycles. The van der Waals surface area contributed by atoms with Gasteiger partial charge >= 0.3 is 0 Å². The van der Waals surface area contributed by atoms with Crippen LogP contribution in [0.4, 0.5) is 0 Å². The normalized spacial score (nSPS) is 22.2. The standard InChI is InChI=1S/C19H21N3O2/c1-14-7-8-16(21-20-14)18(23)22-13-19(9-11-24-12-10-19)17(22)15-5-3-2-4-6-15/h2-8,17H,9-13H2,1H3. The molecule has 1 unspecified atom stereocenters. The number of carbonyl (C=O) groups excluding carboxylic acids is 1. The number of nitrogens with zero attached hydrogens (tertiary/aromatic N) is 3. The van der Waals surface area contributed by atoms with Gasteiger partial charge in [0.1, 0.15) is 0 Å². The van der Waals surface area contributed by atoms with E-state index in [2.05, 4.69) is 22.3 Å². The first-order valence-corrected chi connectivity index (χ1v) is 8.44. The van der Waals surface area contributed by atoms with E-state index in [0.29, 0.717) is 5.69 Å². The molecule has 5 heteroatoms. The second kappa shape index (κ2) is 5.98. The Balaban J connectivity index is 1.65. The van der Waals surface area contributed by atoms with Crippen LogP contribution in [0.25, 0.3) is 0 Å². The van der Waals surface area contributed by atoms with Gasteiger partial charge in [-0.2, -0.15) is 5.10 Å². The Morgan fingerprint density at radius 2 is 1.88 bits per heavy atom. The summed E-state index contributed by atoms with van der Waals surface area (Å²) >= 11 is 0. The monoisotopic (exact) mass is 323 g/mol. The van der Waals surface area contributed by atoms with Gasteiger partial charge in [-0.05, 0) is 37.5 Å². The highest BCUT2D eigenvalue weighted by atomic mass is 16.5. The van der Waals surface area contributed by atoms with E-state index in [-0.39, 0.29) is 17.4 Å². The summed E-state index contributed by atoms with van der Waals surface area (Å²) in [6.07, 6.45) is 1.99. The average Bonchev–Trinajstić information content (AvgIpc) is 2.62. The summed E-state index contributed by atoms with van der Waals surface area (Å²) in [6, 6.07) is 14.0. The summed E-state index contributed by atoms with van der Waals surface area (Å²) in [4.78, 5) is 14.9. The topological polar surface area (TPSA) is 55.3 Å². The molecule has 1 aromatic carbocycles. The van der Waals surface area contributed by atoms with Gasteiger partial charge in [0.25, 0.3) is 5.91 Å². The smallest absolute Gasteiger partial charge is 0.274 e. The maximum Gasteiger partial charge on any atom is 0.274 e. The third-order valence-electron chi connectivity index (χ3n) is 5.26. The van der Waals surface area contributed by atoms with Crippen LogP contribution < -0.4 is 0 Å². The van der Waals surface area contributed by atoms with Crippen LogP contribution in [0.1, 0.15) is 40.6 Å². The Morgan fingerprint density at radius 3 is 2.54 bits per heavy atom. The Morgan fingerprint density at radius 1 is 1.12 bits per heavy atom. The number of benzene rings is 1. The number of hydrogen-bond donors (Lipinski definition) is 0. The Labute approximate surface area is 141 Å². The number of aromatic nitrogens is 2. The van der Waals surface area contributed by atoms with Crippen LogP contribution in [-0.4, -0.2) is 40.8 Å². The van der Waals surface area contributed by atoms with E-state index in [9.17, 15) is 4.79 Å². The van der Waals surface area contributed by atoms with Crippen molar-refractivity contribution in [3.63, 3.8) is 0 Å². The van der Waals surface area contributed by atoms with Crippen molar-refractivity contribution in [2.24, 2.45) is 5.41 Å². The molecule has 24 heavy (non-hydrogen) atoms. The molecule has 0 bridgehead atoms. The molecule has 2 aliphatic heterocycles. The van der Waals surface area contributed by atoms with Crippen molar-refractivity contribution < 1.29 is 9.53 Å². The Kier molecular flexibility index (Phi) is 3.81. The number of hydrogen-bond acceptors (Lipinski definition) is 4. The number of rotatable bonds is 2. The predicted molar refractivity (Wildman–Crippen MR) is 89.5 cm³/mol. The third kappa shape index (κ3) is 2.49. The summed E-state index contributed by atoms with van der Waals surface area (Å²) in [5.41, 5.74) is 2.56. The van der Waals surface area contributed by atoms with E-state index in [0.717, 1.165) is 38.3 Å². The lowest BCUT2D eigenvalue weighted by atomic mass is 9.64. The van der Waals surface area contributed by atoms with Gasteiger partial charge in [0.15, 0.2) is 5.69 Å². The fraction of sp³-hybridized carbons (Fsp3) is 0.421. The van der Waals surface area contributed by atoms with Gasteiger partial charge in [0, 0.05) is 25.2 Å². The molecule has 2 saturated heterocycles. The number of aryl methyl sites for hydroxylation is 1. The molecule has 0 radical (unpaired) electrons. The number of likely N-dealkylation sites (tertiary alicyclic amines) is 1. The van der Waals surface area contributed by atoms with Crippen LogP contribution in [-0.2, 0) is 4.74 Å². The highest BCUT2D eigenvalue weighted by Gasteiger charge is 2.55. The molecule has 1 aromatic heterocycles. The summed E-state index contributed by atoms with van der Waals surface area (Å²) in [6.45, 7) is 4.18. The van der Waals surface area contributed by atoms with Crippen LogP contribution in [0.5, 0.6) is 0 Å². The first-order valence-electron chi connectivity index (χ1n) is 8.44. The molecule has 3 heterocycles. The average molecular weight is 323 g/mol. The molecule has 0 N–H and O–H groups in total. The van der Waals surface area contributed by atoms with Crippen molar-refractivity contribution in [3.05, 3.63) is 59.4 Å². The quantitative estimate of drug-likeness (QED) is 0.853. The van der Waals surface area contributed by atoms with Crippen molar-refractivity contribution in [3.8, 4) is 0 Å². The van der Waals surface area contributed by atoms with E-state index in [1.54, 1.807) is 6.07 Å². The van der Waals surface area contributed by atoms with E-state index >= 15 is 0 Å². The van der Waals surface area contributed by atoms with Gasteiger partial charge in [0.2, 0.25) is 0 Å². The fourth-order valence-electron chi connectivity index (χ4n) is 3.96. The molecular formula is C19H21N3O2. The van der Waals surface area contributed by atoms with Crippen LogP contribution in [0.2, 0.25) is 0 Å². The van der Waals surface area contributed by atoms with E-state index in [4.69, 9.17) is 4.74 Å². The summed E-state index contributed by atoms with van der Waals surface area (Å²) in [5, 5.41) is 8.10. The molecule has 5 nitrogen and oxygen atoms in total. The minimum atomic E-state index is -0.0338. The molecule has 124 valence electrons. The molecule has 2 aromatic rings. The van der Waals surface area contributed by atoms with Crippen molar-refractivity contribution in [1.29, 1.82) is 0 Å². The molecule has 4 rings (SSSR count). The number of carbonyl (C=O) groups is 1. The third-order valence-corrected chi connectivity index (χ3v) is 5.26. The second-order valence-corrected chi connectivity index (χ2v) is 6.78. The van der Waals surface area contributed by atoms with E-state index < -0.39 is 0 Å². The van der Waals surface area contributed by atoms with Gasteiger partial charge in [-0.15, -0.1) is 5.10 Å². The van der Waals surface area contributed by atoms with Gasteiger partial charge in [-0.25, -0.2) is 0 Å². The zero-order valence-corrected chi connectivity index (χ0v) is 13.8. The zero-order chi connectivity index (χ0) is 16.6. The minimum absolute atomic E-state index is 0.0338. The van der Waals surface area contributed by atoms with Gasteiger partial charge in [-0.3, -0.25) is 4.79 Å². The van der Waals surface area contributed by atoms with Crippen LogP contribution >= 0.6 is 0 Å². The molecule has 1 amide bonds. The van der Waals surface area contributed by atoms with Crippen molar-refractivity contribution in [2.75, 3.05) is 19.8 Å². The summed E-state index contributed by atoms with van der Waals surface area (Å²) in [5.74, 6) is -0.0338. The first kappa shape index (κ1) is 15.3. The fourth-order valence-corrected chi connectivity index (χ4v) is 3.96. The molecule has 2 fully saturated rings. The lowest BCUT2D eigenvalue weighted by Crippen LogP contribution is -2.62. The zero-order valence-electron chi connectivity index (χ0n) is 13.8. The van der Waals surface area contributed by atoms with Gasteiger partial charge in [0.05, 0.1) is 11.7 Å². The lowest BCUT2D eigenvalue weighted by Gasteiger charge is -2.59. The molecule has 1 atom stereocenters. The van der Waals surface area contributed by atoms with Crippen LogP contribution in [0, 0.1) is 12.3 Å². The Hall–Kier alpha value is -2.27. The first-order chi connectivity index (χ1) is 11.7. The van der Waals surface area contributed by atoms with E-state index in [1.807, 2.05) is 36.1 Å². The number of ether oxygens (including phenoxy) is 1. The van der Waals surface area contributed by atoms with Crippen LogP contribution in [0.3, 0.4) is 0 Å². The highest BCUT2D eigenvalue weighted by Crippen LogP contribution is 2.54. The largest absolute Gasteiger partial charge is 0.381 e. The lowest BCUT2D eigenvalue weighted by molar-refractivity contribution is -0.115. The summed E-state index contributed by atoms with van der Waals surface area (Å²) in [7, 11) is 0. The van der Waals surface area contributed by atoms with Gasteiger partial charge < -0.3 is 9.64 Å². The maximum absolute atomic E-state index is 12.9. The van der Waals surface area contributed by atoms with E-state index in [1.165, 1.54) is 5.56 Å². The molecule has 2 aliphatic rings. The maximum atomic E-state index is 12.9. The van der Waals surface area contributed by atoms with Crippen molar-refractivity contribution >= 4 is 5.91 Å².